The largest absolute Gasteiger partial charge is 0.478 e. The van der Waals surface area contributed by atoms with Crippen molar-refractivity contribution >= 4 is 16.2 Å². The molecule has 82 valence electrons. The Bertz CT molecular complexity index is 519. The van der Waals surface area contributed by atoms with Gasteiger partial charge >= 0.3 is 16.2 Å². The van der Waals surface area contributed by atoms with Gasteiger partial charge in [-0.2, -0.15) is 8.42 Å². The molecule has 4 nitrogen and oxygen atoms in total. The van der Waals surface area contributed by atoms with E-state index in [0.717, 1.165) is 12.1 Å². The number of aromatic carboxylic acids is 1. The molecule has 0 atom stereocenters. The summed E-state index contributed by atoms with van der Waals surface area (Å²) in [7, 11) is -4.86. The van der Waals surface area contributed by atoms with E-state index in [4.69, 9.17) is 5.11 Å². The molecule has 15 heavy (non-hydrogen) atoms. The standard InChI is InChI=1S/C9H9FO4S/c1-5-3-7(15(10,13)14)4-8(6(5)2)9(11)12/h3-4H,1-2H3,(H,11,12). The van der Waals surface area contributed by atoms with Gasteiger partial charge in [-0.05, 0) is 37.1 Å². The molecule has 1 aromatic rings. The van der Waals surface area contributed by atoms with Crippen LogP contribution in [0, 0.1) is 13.8 Å². The van der Waals surface area contributed by atoms with Crippen LogP contribution in [0.4, 0.5) is 3.89 Å². The topological polar surface area (TPSA) is 71.4 Å². The van der Waals surface area contributed by atoms with Gasteiger partial charge in [-0.15, -0.1) is 3.89 Å². The van der Waals surface area contributed by atoms with Crippen LogP contribution in [0.1, 0.15) is 21.5 Å². The van der Waals surface area contributed by atoms with E-state index in [0.29, 0.717) is 11.1 Å². The van der Waals surface area contributed by atoms with Crippen LogP contribution in [0.25, 0.3) is 0 Å². The van der Waals surface area contributed by atoms with Crippen LogP contribution in [0.15, 0.2) is 17.0 Å². The maximum Gasteiger partial charge on any atom is 0.336 e. The molecule has 0 aliphatic carbocycles. The lowest BCUT2D eigenvalue weighted by Crippen LogP contribution is -2.04. The Labute approximate surface area is 86.6 Å². The van der Waals surface area contributed by atoms with Gasteiger partial charge in [0.1, 0.15) is 0 Å². The molecule has 0 spiro atoms. The third kappa shape index (κ3) is 2.33. The number of benzene rings is 1. The molecule has 0 aliphatic rings. The maximum absolute atomic E-state index is 12.7. The van der Waals surface area contributed by atoms with Gasteiger partial charge in [0.25, 0.3) is 0 Å². The second-order valence-corrected chi connectivity index (χ2v) is 4.50. The molecule has 0 saturated carbocycles. The molecular formula is C9H9FO4S. The predicted octanol–water partition coefficient (Wildman–Crippen LogP) is 1.66. The van der Waals surface area contributed by atoms with Crippen LogP contribution in [0.5, 0.6) is 0 Å². The Morgan fingerprint density at radius 2 is 1.87 bits per heavy atom. The van der Waals surface area contributed by atoms with E-state index in [1.807, 2.05) is 0 Å². The minimum Gasteiger partial charge on any atom is -0.478 e. The third-order valence-electron chi connectivity index (χ3n) is 2.15. The summed E-state index contributed by atoms with van der Waals surface area (Å²) in [4.78, 5) is 10.1. The van der Waals surface area contributed by atoms with E-state index in [1.54, 1.807) is 0 Å². The Balaban J connectivity index is 3.57. The number of carboxylic acid groups (broad SMARTS) is 1. The first-order valence-corrected chi connectivity index (χ1v) is 5.41. The number of hydrogen-bond donors (Lipinski definition) is 1. The van der Waals surface area contributed by atoms with E-state index in [-0.39, 0.29) is 5.56 Å². The molecule has 1 aromatic carbocycles. The molecular weight excluding hydrogens is 223 g/mol. The van der Waals surface area contributed by atoms with Gasteiger partial charge in [0.05, 0.1) is 10.5 Å². The molecule has 1 N–H and O–H groups in total. The normalized spacial score (nSPS) is 11.4. The van der Waals surface area contributed by atoms with Crippen LogP contribution in [-0.4, -0.2) is 19.5 Å². The highest BCUT2D eigenvalue weighted by Crippen LogP contribution is 2.21. The van der Waals surface area contributed by atoms with Crippen molar-refractivity contribution < 1.29 is 22.2 Å². The number of carboxylic acids is 1. The monoisotopic (exact) mass is 232 g/mol. The van der Waals surface area contributed by atoms with E-state index >= 15 is 0 Å². The van der Waals surface area contributed by atoms with Crippen molar-refractivity contribution in [2.75, 3.05) is 0 Å². The summed E-state index contributed by atoms with van der Waals surface area (Å²) >= 11 is 0. The number of carbonyl (C=O) groups is 1. The van der Waals surface area contributed by atoms with Gasteiger partial charge in [0.2, 0.25) is 0 Å². The fraction of sp³-hybridized carbons (Fsp3) is 0.222. The van der Waals surface area contributed by atoms with E-state index in [2.05, 4.69) is 0 Å². The second-order valence-electron chi connectivity index (χ2n) is 3.16. The van der Waals surface area contributed by atoms with Crippen molar-refractivity contribution in [1.29, 1.82) is 0 Å². The highest BCUT2D eigenvalue weighted by molar-refractivity contribution is 7.86. The number of halogens is 1. The smallest absolute Gasteiger partial charge is 0.336 e. The first-order valence-electron chi connectivity index (χ1n) is 4.02. The van der Waals surface area contributed by atoms with Crippen LogP contribution in [0.2, 0.25) is 0 Å². The Hall–Kier alpha value is -1.43. The summed E-state index contributed by atoms with van der Waals surface area (Å²) in [6.07, 6.45) is 0. The quantitative estimate of drug-likeness (QED) is 0.787. The molecule has 0 saturated heterocycles. The van der Waals surface area contributed by atoms with Crippen molar-refractivity contribution in [3.8, 4) is 0 Å². The van der Waals surface area contributed by atoms with Crippen molar-refractivity contribution in [2.24, 2.45) is 0 Å². The Morgan fingerprint density at radius 1 is 1.33 bits per heavy atom. The summed E-state index contributed by atoms with van der Waals surface area (Å²) in [6.45, 7) is 3.06. The zero-order valence-electron chi connectivity index (χ0n) is 8.11. The van der Waals surface area contributed by atoms with E-state index in [9.17, 15) is 17.1 Å². The van der Waals surface area contributed by atoms with Crippen LogP contribution >= 0.6 is 0 Å². The molecule has 1 rings (SSSR count). The molecule has 0 radical (unpaired) electrons. The summed E-state index contributed by atoms with van der Waals surface area (Å²) in [5.41, 5.74) is 0.646. The Kier molecular flexibility index (Phi) is 2.81. The molecule has 0 aromatic heterocycles. The second kappa shape index (κ2) is 3.62. The summed E-state index contributed by atoms with van der Waals surface area (Å²) < 4.78 is 33.9. The number of aryl methyl sites for hydroxylation is 1. The molecule has 0 unspecified atom stereocenters. The molecule has 0 fully saturated rings. The Morgan fingerprint density at radius 3 is 2.27 bits per heavy atom. The van der Waals surface area contributed by atoms with Crippen molar-refractivity contribution in [3.05, 3.63) is 28.8 Å². The summed E-state index contributed by atoms with van der Waals surface area (Å²) in [5, 5.41) is 8.76. The van der Waals surface area contributed by atoms with Gasteiger partial charge in [-0.3, -0.25) is 0 Å². The minimum atomic E-state index is -4.86. The van der Waals surface area contributed by atoms with Gasteiger partial charge < -0.3 is 5.11 Å². The van der Waals surface area contributed by atoms with E-state index < -0.39 is 21.1 Å². The lowest BCUT2D eigenvalue weighted by molar-refractivity contribution is 0.0695. The summed E-state index contributed by atoms with van der Waals surface area (Å²) in [6, 6.07) is 1.93. The highest BCUT2D eigenvalue weighted by Gasteiger charge is 2.18. The van der Waals surface area contributed by atoms with Gasteiger partial charge in [0, 0.05) is 0 Å². The molecule has 0 aliphatic heterocycles. The zero-order valence-corrected chi connectivity index (χ0v) is 8.93. The average molecular weight is 232 g/mol. The van der Waals surface area contributed by atoms with Crippen molar-refractivity contribution in [2.45, 2.75) is 18.7 Å². The van der Waals surface area contributed by atoms with Gasteiger partial charge in [0.15, 0.2) is 0 Å². The maximum atomic E-state index is 12.7. The molecule has 0 amide bonds. The van der Waals surface area contributed by atoms with Gasteiger partial charge in [-0.1, -0.05) is 0 Å². The predicted molar refractivity (Wildman–Crippen MR) is 51.2 cm³/mol. The van der Waals surface area contributed by atoms with Gasteiger partial charge in [-0.25, -0.2) is 4.79 Å². The fourth-order valence-electron chi connectivity index (χ4n) is 1.19. The third-order valence-corrected chi connectivity index (χ3v) is 2.95. The van der Waals surface area contributed by atoms with Crippen molar-refractivity contribution in [3.63, 3.8) is 0 Å². The molecule has 0 bridgehead atoms. The first kappa shape index (κ1) is 11.6. The summed E-state index contributed by atoms with van der Waals surface area (Å²) in [5.74, 6) is -1.28. The fourth-order valence-corrected chi connectivity index (χ4v) is 1.77. The van der Waals surface area contributed by atoms with Crippen LogP contribution < -0.4 is 0 Å². The SMILES string of the molecule is Cc1cc(S(=O)(=O)F)cc(C(=O)O)c1C. The highest BCUT2D eigenvalue weighted by atomic mass is 32.3. The van der Waals surface area contributed by atoms with Crippen LogP contribution in [-0.2, 0) is 10.2 Å². The average Bonchev–Trinajstić information content (AvgIpc) is 2.06. The molecule has 6 heteroatoms. The van der Waals surface area contributed by atoms with Crippen LogP contribution in [0.3, 0.4) is 0 Å². The lowest BCUT2D eigenvalue weighted by atomic mass is 10.0. The zero-order chi connectivity index (χ0) is 11.8. The number of hydrogen-bond acceptors (Lipinski definition) is 3. The lowest BCUT2D eigenvalue weighted by Gasteiger charge is -2.06. The minimum absolute atomic E-state index is 0.203. The first-order chi connectivity index (χ1) is 6.73. The van der Waals surface area contributed by atoms with Crippen molar-refractivity contribution in [1.82, 2.24) is 0 Å². The number of rotatable bonds is 2. The molecule has 0 heterocycles. The van der Waals surface area contributed by atoms with E-state index in [1.165, 1.54) is 13.8 Å².